The Balaban J connectivity index is 1.35. The average Bonchev–Trinajstić information content (AvgIpc) is 3.54. The Kier molecular flexibility index (Phi) is 5.63. The van der Waals surface area contributed by atoms with Crippen molar-refractivity contribution in [2.75, 3.05) is 19.2 Å². The standard InChI is InChI=1S/C24H18N4O7/c1-32-17-3-5-18(6-4-17)35-19-10-15(9-16(11-19)28(30)31)25-24(29)21-12-20(26-27-21)14-2-7-22-23(8-14)34-13-33-22/h2-12H,13H2,1H3,(H,25,29)(H,26,27). The van der Waals surface area contributed by atoms with Gasteiger partial charge in [-0.25, -0.2) is 0 Å². The lowest BCUT2D eigenvalue weighted by Crippen LogP contribution is -2.12. The van der Waals surface area contributed by atoms with E-state index in [0.29, 0.717) is 28.7 Å². The minimum absolute atomic E-state index is 0.153. The van der Waals surface area contributed by atoms with E-state index in [0.717, 1.165) is 5.56 Å². The van der Waals surface area contributed by atoms with Gasteiger partial charge in [-0.15, -0.1) is 0 Å². The summed E-state index contributed by atoms with van der Waals surface area (Å²) in [6.45, 7) is 0.153. The zero-order valence-electron chi connectivity index (χ0n) is 18.3. The molecule has 5 rings (SSSR count). The van der Waals surface area contributed by atoms with Gasteiger partial charge in [0.15, 0.2) is 11.5 Å². The number of carbonyl (C=O) groups excluding carboxylic acids is 1. The molecule has 3 aromatic carbocycles. The highest BCUT2D eigenvalue weighted by Gasteiger charge is 2.18. The summed E-state index contributed by atoms with van der Waals surface area (Å²) >= 11 is 0. The van der Waals surface area contributed by atoms with Crippen LogP contribution in [0.2, 0.25) is 0 Å². The molecule has 11 nitrogen and oxygen atoms in total. The maximum Gasteiger partial charge on any atom is 0.275 e. The molecule has 11 heteroatoms. The third kappa shape index (κ3) is 4.69. The minimum Gasteiger partial charge on any atom is -0.497 e. The summed E-state index contributed by atoms with van der Waals surface area (Å²) in [6, 6.07) is 17.6. The SMILES string of the molecule is COc1ccc(Oc2cc(NC(=O)c3cc(-c4ccc5c(c4)OCO5)n[nH]3)cc([N+](=O)[O-])c2)cc1. The first-order chi connectivity index (χ1) is 17.0. The predicted molar refractivity (Wildman–Crippen MR) is 124 cm³/mol. The Labute approximate surface area is 198 Å². The van der Waals surface area contributed by atoms with Crippen LogP contribution in [0.3, 0.4) is 0 Å². The normalized spacial score (nSPS) is 11.7. The van der Waals surface area contributed by atoms with Crippen molar-refractivity contribution in [2.24, 2.45) is 0 Å². The predicted octanol–water partition coefficient (Wildman–Crippen LogP) is 4.77. The number of aromatic amines is 1. The van der Waals surface area contributed by atoms with E-state index in [1.165, 1.54) is 18.2 Å². The van der Waals surface area contributed by atoms with Crippen LogP contribution < -0.4 is 24.3 Å². The highest BCUT2D eigenvalue weighted by Crippen LogP contribution is 2.36. The molecule has 0 unspecified atom stereocenters. The van der Waals surface area contributed by atoms with Crippen molar-refractivity contribution in [3.8, 4) is 40.0 Å². The van der Waals surface area contributed by atoms with Gasteiger partial charge >= 0.3 is 0 Å². The van der Waals surface area contributed by atoms with Crippen molar-refractivity contribution in [3.63, 3.8) is 0 Å². The fourth-order valence-electron chi connectivity index (χ4n) is 3.44. The van der Waals surface area contributed by atoms with Crippen LogP contribution >= 0.6 is 0 Å². The first kappa shape index (κ1) is 21.8. The van der Waals surface area contributed by atoms with Crippen molar-refractivity contribution >= 4 is 17.3 Å². The van der Waals surface area contributed by atoms with Crippen LogP contribution in [-0.2, 0) is 0 Å². The van der Waals surface area contributed by atoms with Crippen LogP contribution in [-0.4, -0.2) is 34.9 Å². The van der Waals surface area contributed by atoms with Crippen LogP contribution in [0.1, 0.15) is 10.5 Å². The number of amides is 1. The van der Waals surface area contributed by atoms with E-state index in [1.807, 2.05) is 0 Å². The number of anilines is 1. The number of carbonyl (C=O) groups is 1. The first-order valence-corrected chi connectivity index (χ1v) is 10.4. The number of nitro groups is 1. The lowest BCUT2D eigenvalue weighted by molar-refractivity contribution is -0.384. The van der Waals surface area contributed by atoms with Gasteiger partial charge in [0.25, 0.3) is 11.6 Å². The van der Waals surface area contributed by atoms with Crippen molar-refractivity contribution in [2.45, 2.75) is 0 Å². The molecule has 0 fully saturated rings. The average molecular weight is 474 g/mol. The Morgan fingerprint density at radius 1 is 1.00 bits per heavy atom. The number of aromatic nitrogens is 2. The highest BCUT2D eigenvalue weighted by atomic mass is 16.7. The van der Waals surface area contributed by atoms with Gasteiger partial charge in [0.05, 0.1) is 29.5 Å². The fraction of sp³-hybridized carbons (Fsp3) is 0.0833. The molecule has 4 aromatic rings. The maximum absolute atomic E-state index is 12.8. The molecule has 0 aliphatic carbocycles. The second-order valence-corrected chi connectivity index (χ2v) is 7.44. The number of nitro benzene ring substituents is 1. The van der Waals surface area contributed by atoms with Crippen molar-refractivity contribution in [3.05, 3.63) is 82.5 Å². The Morgan fingerprint density at radius 2 is 1.77 bits per heavy atom. The highest BCUT2D eigenvalue weighted by molar-refractivity contribution is 6.03. The Hall–Kier alpha value is -5.06. The molecule has 0 saturated carbocycles. The number of hydrogen-bond donors (Lipinski definition) is 2. The number of ether oxygens (including phenoxy) is 4. The zero-order valence-corrected chi connectivity index (χ0v) is 18.3. The van der Waals surface area contributed by atoms with Gasteiger partial charge in [-0.05, 0) is 48.5 Å². The molecule has 1 amide bonds. The minimum atomic E-state index is -0.565. The zero-order chi connectivity index (χ0) is 24.4. The molecule has 0 spiro atoms. The summed E-state index contributed by atoms with van der Waals surface area (Å²) in [4.78, 5) is 23.7. The van der Waals surface area contributed by atoms with E-state index in [-0.39, 0.29) is 29.6 Å². The van der Waals surface area contributed by atoms with E-state index < -0.39 is 10.8 Å². The van der Waals surface area contributed by atoms with Gasteiger partial charge < -0.3 is 24.3 Å². The van der Waals surface area contributed by atoms with Gasteiger partial charge in [-0.1, -0.05) is 0 Å². The number of benzene rings is 3. The largest absolute Gasteiger partial charge is 0.497 e. The summed E-state index contributed by atoms with van der Waals surface area (Å²) in [5.41, 5.74) is 1.37. The summed E-state index contributed by atoms with van der Waals surface area (Å²) in [7, 11) is 1.54. The van der Waals surface area contributed by atoms with Crippen LogP contribution in [0, 0.1) is 10.1 Å². The second-order valence-electron chi connectivity index (χ2n) is 7.44. The molecular weight excluding hydrogens is 456 g/mol. The third-order valence-electron chi connectivity index (χ3n) is 5.15. The fourth-order valence-corrected chi connectivity index (χ4v) is 3.44. The molecule has 176 valence electrons. The summed E-state index contributed by atoms with van der Waals surface area (Å²) < 4.78 is 21.5. The summed E-state index contributed by atoms with van der Waals surface area (Å²) in [5, 5.41) is 20.9. The molecular formula is C24H18N4O7. The molecule has 2 N–H and O–H groups in total. The summed E-state index contributed by atoms with van der Waals surface area (Å²) in [5.74, 6) is 1.98. The van der Waals surface area contributed by atoms with Gasteiger partial charge in [0.1, 0.15) is 22.9 Å². The number of rotatable bonds is 7. The van der Waals surface area contributed by atoms with Crippen LogP contribution in [0.4, 0.5) is 11.4 Å². The van der Waals surface area contributed by atoms with Crippen molar-refractivity contribution < 1.29 is 28.7 Å². The molecule has 1 aliphatic rings. The number of nitrogens with one attached hydrogen (secondary N) is 2. The smallest absolute Gasteiger partial charge is 0.275 e. The maximum atomic E-state index is 12.8. The number of methoxy groups -OCH3 is 1. The van der Waals surface area contributed by atoms with Gasteiger partial charge in [-0.2, -0.15) is 5.10 Å². The molecule has 2 heterocycles. The first-order valence-electron chi connectivity index (χ1n) is 10.4. The van der Waals surface area contributed by atoms with Crippen LogP contribution in [0.25, 0.3) is 11.3 Å². The monoisotopic (exact) mass is 474 g/mol. The number of non-ortho nitro benzene ring substituents is 1. The van der Waals surface area contributed by atoms with E-state index in [4.69, 9.17) is 18.9 Å². The van der Waals surface area contributed by atoms with E-state index >= 15 is 0 Å². The Bertz CT molecular complexity index is 1420. The number of nitrogens with zero attached hydrogens (tertiary/aromatic N) is 2. The molecule has 0 bridgehead atoms. The third-order valence-corrected chi connectivity index (χ3v) is 5.15. The van der Waals surface area contributed by atoms with Crippen LogP contribution in [0.15, 0.2) is 66.7 Å². The topological polar surface area (TPSA) is 138 Å². The Morgan fingerprint density at radius 3 is 2.54 bits per heavy atom. The van der Waals surface area contributed by atoms with E-state index in [2.05, 4.69) is 15.5 Å². The molecule has 0 radical (unpaired) electrons. The van der Waals surface area contributed by atoms with Crippen molar-refractivity contribution in [1.29, 1.82) is 0 Å². The number of fused-ring (bicyclic) bond motifs is 1. The quantitative estimate of drug-likeness (QED) is 0.289. The van der Waals surface area contributed by atoms with Crippen molar-refractivity contribution in [1.82, 2.24) is 10.2 Å². The van der Waals surface area contributed by atoms with Gasteiger partial charge in [0.2, 0.25) is 6.79 Å². The molecule has 0 saturated heterocycles. The number of hydrogen-bond acceptors (Lipinski definition) is 8. The molecule has 1 aromatic heterocycles. The molecule has 1 aliphatic heterocycles. The number of H-pyrrole nitrogens is 1. The molecule has 0 atom stereocenters. The van der Waals surface area contributed by atoms with Gasteiger partial charge in [-0.3, -0.25) is 20.0 Å². The molecule has 35 heavy (non-hydrogen) atoms. The lowest BCUT2D eigenvalue weighted by atomic mass is 10.1. The second kappa shape index (κ2) is 9.06. The summed E-state index contributed by atoms with van der Waals surface area (Å²) in [6.07, 6.45) is 0. The lowest BCUT2D eigenvalue weighted by Gasteiger charge is -2.09. The van der Waals surface area contributed by atoms with Gasteiger partial charge in [0, 0.05) is 17.7 Å². The van der Waals surface area contributed by atoms with E-state index in [9.17, 15) is 14.9 Å². The van der Waals surface area contributed by atoms with E-state index in [1.54, 1.807) is 55.6 Å². The van der Waals surface area contributed by atoms with Crippen LogP contribution in [0.5, 0.6) is 28.7 Å².